The van der Waals surface area contributed by atoms with Crippen molar-refractivity contribution in [3.8, 4) is 0 Å². The molecule has 0 aliphatic carbocycles. The zero-order chi connectivity index (χ0) is 15.3. The number of anilines is 1. The molecule has 0 saturated carbocycles. The SMILES string of the molecule is CS(=O)(=O)Nc1cnn(CC(=O)NCc2ccccn2)n1. The maximum Gasteiger partial charge on any atom is 0.243 e. The number of hydrogen-bond donors (Lipinski definition) is 2. The van der Waals surface area contributed by atoms with Crippen molar-refractivity contribution in [2.75, 3.05) is 11.0 Å². The van der Waals surface area contributed by atoms with E-state index in [-0.39, 0.29) is 18.3 Å². The summed E-state index contributed by atoms with van der Waals surface area (Å²) in [5.41, 5.74) is 0.735. The molecule has 9 nitrogen and oxygen atoms in total. The van der Waals surface area contributed by atoms with E-state index in [1.165, 1.54) is 6.20 Å². The lowest BCUT2D eigenvalue weighted by atomic mass is 10.3. The number of nitrogens with zero attached hydrogens (tertiary/aromatic N) is 4. The van der Waals surface area contributed by atoms with Crippen LogP contribution < -0.4 is 10.0 Å². The van der Waals surface area contributed by atoms with E-state index in [1.54, 1.807) is 18.3 Å². The Labute approximate surface area is 121 Å². The summed E-state index contributed by atoms with van der Waals surface area (Å²) in [4.78, 5) is 16.9. The van der Waals surface area contributed by atoms with Crippen molar-refractivity contribution < 1.29 is 13.2 Å². The molecule has 2 rings (SSSR count). The Kier molecular flexibility index (Phi) is 4.48. The van der Waals surface area contributed by atoms with Gasteiger partial charge in [-0.3, -0.25) is 14.5 Å². The number of sulfonamides is 1. The second-order valence-corrected chi connectivity index (χ2v) is 5.98. The molecule has 2 aromatic rings. The van der Waals surface area contributed by atoms with Gasteiger partial charge >= 0.3 is 0 Å². The van der Waals surface area contributed by atoms with Gasteiger partial charge in [-0.25, -0.2) is 8.42 Å². The molecule has 2 N–H and O–H groups in total. The molecule has 10 heteroatoms. The second-order valence-electron chi connectivity index (χ2n) is 4.23. The fourth-order valence-electron chi connectivity index (χ4n) is 1.49. The molecule has 0 aromatic carbocycles. The van der Waals surface area contributed by atoms with Gasteiger partial charge in [0, 0.05) is 6.20 Å². The summed E-state index contributed by atoms with van der Waals surface area (Å²) in [6.45, 7) is 0.188. The summed E-state index contributed by atoms with van der Waals surface area (Å²) in [5.74, 6) is -0.239. The van der Waals surface area contributed by atoms with E-state index in [0.717, 1.165) is 16.7 Å². The first-order valence-electron chi connectivity index (χ1n) is 5.97. The quantitative estimate of drug-likeness (QED) is 0.732. The number of nitrogens with one attached hydrogen (secondary N) is 2. The van der Waals surface area contributed by atoms with Gasteiger partial charge in [-0.2, -0.15) is 9.90 Å². The van der Waals surface area contributed by atoms with Crippen LogP contribution in [0.15, 0.2) is 30.6 Å². The second kappa shape index (κ2) is 6.31. The third-order valence-corrected chi connectivity index (χ3v) is 2.88. The molecular weight excluding hydrogens is 296 g/mol. The highest BCUT2D eigenvalue weighted by Gasteiger charge is 2.09. The van der Waals surface area contributed by atoms with Crippen LogP contribution in [0, 0.1) is 0 Å². The van der Waals surface area contributed by atoms with Crippen LogP contribution in [0.5, 0.6) is 0 Å². The highest BCUT2D eigenvalue weighted by atomic mass is 32.2. The monoisotopic (exact) mass is 310 g/mol. The number of hydrogen-bond acceptors (Lipinski definition) is 6. The van der Waals surface area contributed by atoms with Gasteiger partial charge < -0.3 is 5.32 Å². The molecule has 0 atom stereocenters. The number of carbonyl (C=O) groups excluding carboxylic acids is 1. The fourth-order valence-corrected chi connectivity index (χ4v) is 1.96. The number of amides is 1. The van der Waals surface area contributed by atoms with E-state index in [0.29, 0.717) is 6.54 Å². The van der Waals surface area contributed by atoms with E-state index in [9.17, 15) is 13.2 Å². The zero-order valence-corrected chi connectivity index (χ0v) is 12.0. The molecule has 0 fully saturated rings. The molecule has 0 unspecified atom stereocenters. The lowest BCUT2D eigenvalue weighted by Crippen LogP contribution is -2.28. The lowest BCUT2D eigenvalue weighted by molar-refractivity contribution is -0.122. The average molecular weight is 310 g/mol. The summed E-state index contributed by atoms with van der Waals surface area (Å²) in [5, 5.41) is 10.3. The first kappa shape index (κ1) is 14.9. The van der Waals surface area contributed by atoms with Gasteiger partial charge in [-0.15, -0.1) is 5.10 Å². The number of carbonyl (C=O) groups is 1. The van der Waals surface area contributed by atoms with Crippen molar-refractivity contribution in [1.29, 1.82) is 0 Å². The molecule has 0 aliphatic rings. The minimum Gasteiger partial charge on any atom is -0.349 e. The first-order chi connectivity index (χ1) is 9.92. The fraction of sp³-hybridized carbons (Fsp3) is 0.273. The smallest absolute Gasteiger partial charge is 0.243 e. The van der Waals surface area contributed by atoms with Crippen molar-refractivity contribution in [2.24, 2.45) is 0 Å². The van der Waals surface area contributed by atoms with Crippen LogP contribution in [0.1, 0.15) is 5.69 Å². The Bertz CT molecular complexity index is 713. The van der Waals surface area contributed by atoms with Gasteiger partial charge in [0.05, 0.1) is 24.7 Å². The molecule has 0 radical (unpaired) electrons. The van der Waals surface area contributed by atoms with E-state index in [2.05, 4.69) is 25.2 Å². The summed E-state index contributed by atoms with van der Waals surface area (Å²) in [6, 6.07) is 5.41. The van der Waals surface area contributed by atoms with Crippen molar-refractivity contribution >= 4 is 21.7 Å². The average Bonchev–Trinajstić information content (AvgIpc) is 2.82. The Hall–Kier alpha value is -2.49. The largest absolute Gasteiger partial charge is 0.349 e. The standard InChI is InChI=1S/C11H14N6O3S/c1-21(19,20)16-10-7-14-17(15-10)8-11(18)13-6-9-4-2-3-5-12-9/h2-5,7H,6,8H2,1H3,(H,13,18)(H,15,16). The van der Waals surface area contributed by atoms with Crippen LogP contribution in [-0.2, 0) is 27.9 Å². The van der Waals surface area contributed by atoms with E-state index >= 15 is 0 Å². The van der Waals surface area contributed by atoms with Crippen LogP contribution in [0.3, 0.4) is 0 Å². The Morgan fingerprint density at radius 3 is 2.86 bits per heavy atom. The lowest BCUT2D eigenvalue weighted by Gasteiger charge is -2.04. The number of rotatable bonds is 6. The molecule has 0 aliphatic heterocycles. The first-order valence-corrected chi connectivity index (χ1v) is 7.86. The molecule has 0 spiro atoms. The number of aromatic nitrogens is 4. The van der Waals surface area contributed by atoms with Crippen molar-refractivity contribution in [2.45, 2.75) is 13.1 Å². The van der Waals surface area contributed by atoms with Crippen LogP contribution >= 0.6 is 0 Å². The van der Waals surface area contributed by atoms with E-state index in [1.807, 2.05) is 6.07 Å². The molecule has 2 heterocycles. The molecule has 0 saturated heterocycles. The van der Waals surface area contributed by atoms with Gasteiger partial charge in [0.15, 0.2) is 5.82 Å². The topological polar surface area (TPSA) is 119 Å². The Morgan fingerprint density at radius 2 is 2.19 bits per heavy atom. The van der Waals surface area contributed by atoms with E-state index in [4.69, 9.17) is 0 Å². The van der Waals surface area contributed by atoms with Gasteiger partial charge in [-0.1, -0.05) is 6.07 Å². The Morgan fingerprint density at radius 1 is 1.38 bits per heavy atom. The third-order valence-electron chi connectivity index (χ3n) is 2.30. The van der Waals surface area contributed by atoms with Gasteiger partial charge in [0.1, 0.15) is 6.54 Å². The Balaban J connectivity index is 1.85. The van der Waals surface area contributed by atoms with Gasteiger partial charge in [0.25, 0.3) is 0 Å². The maximum atomic E-state index is 11.7. The summed E-state index contributed by atoms with van der Waals surface area (Å²) < 4.78 is 24.2. The predicted molar refractivity (Wildman–Crippen MR) is 74.6 cm³/mol. The third kappa shape index (κ3) is 5.18. The van der Waals surface area contributed by atoms with Crippen molar-refractivity contribution in [1.82, 2.24) is 25.3 Å². The van der Waals surface area contributed by atoms with Crippen molar-refractivity contribution in [3.63, 3.8) is 0 Å². The van der Waals surface area contributed by atoms with E-state index < -0.39 is 10.0 Å². The van der Waals surface area contributed by atoms with Gasteiger partial charge in [-0.05, 0) is 12.1 Å². The number of pyridine rings is 1. The molecule has 21 heavy (non-hydrogen) atoms. The molecule has 2 aromatic heterocycles. The molecular formula is C11H14N6O3S. The molecule has 1 amide bonds. The minimum atomic E-state index is -3.41. The zero-order valence-electron chi connectivity index (χ0n) is 11.2. The summed E-state index contributed by atoms with van der Waals surface area (Å²) in [7, 11) is -3.41. The highest BCUT2D eigenvalue weighted by Crippen LogP contribution is 2.01. The van der Waals surface area contributed by atoms with Crippen molar-refractivity contribution in [3.05, 3.63) is 36.3 Å². The summed E-state index contributed by atoms with van der Waals surface area (Å²) >= 11 is 0. The van der Waals surface area contributed by atoms with Crippen LogP contribution in [0.25, 0.3) is 0 Å². The maximum absolute atomic E-state index is 11.7. The van der Waals surface area contributed by atoms with Crippen LogP contribution in [-0.4, -0.2) is 40.6 Å². The van der Waals surface area contributed by atoms with Crippen LogP contribution in [0.2, 0.25) is 0 Å². The van der Waals surface area contributed by atoms with Gasteiger partial charge in [0.2, 0.25) is 15.9 Å². The normalized spacial score (nSPS) is 11.1. The molecule has 112 valence electrons. The minimum absolute atomic E-state index is 0.0648. The molecule has 0 bridgehead atoms. The summed E-state index contributed by atoms with van der Waals surface area (Å²) in [6.07, 6.45) is 3.87. The predicted octanol–water partition coefficient (Wildman–Crippen LogP) is -0.639. The van der Waals surface area contributed by atoms with Crippen LogP contribution in [0.4, 0.5) is 5.82 Å². The highest BCUT2D eigenvalue weighted by molar-refractivity contribution is 7.92.